The Kier molecular flexibility index (Phi) is 5.25. The normalized spacial score (nSPS) is 17.1. The first-order chi connectivity index (χ1) is 9.67. The van der Waals surface area contributed by atoms with Crippen molar-refractivity contribution in [3.63, 3.8) is 0 Å². The van der Waals surface area contributed by atoms with Gasteiger partial charge in [-0.15, -0.1) is 16.8 Å². The van der Waals surface area contributed by atoms with E-state index in [2.05, 4.69) is 31.9 Å². The molecule has 0 unspecified atom stereocenters. The van der Waals surface area contributed by atoms with Gasteiger partial charge in [0.15, 0.2) is 0 Å². The molecule has 0 atom stereocenters. The molecule has 1 aromatic heterocycles. The Morgan fingerprint density at radius 1 is 1.35 bits per heavy atom. The van der Waals surface area contributed by atoms with Crippen LogP contribution in [-0.4, -0.2) is 65.2 Å². The highest BCUT2D eigenvalue weighted by Crippen LogP contribution is 2.07. The molecule has 2 heterocycles. The summed E-state index contributed by atoms with van der Waals surface area (Å²) in [5.74, 6) is 1.29. The molecule has 0 spiro atoms. The van der Waals surface area contributed by atoms with Crippen molar-refractivity contribution in [3.8, 4) is 0 Å². The second-order valence-electron chi connectivity index (χ2n) is 4.86. The number of aryl methyl sites for hydroxylation is 1. The van der Waals surface area contributed by atoms with E-state index in [1.165, 1.54) is 0 Å². The molecule has 7 heteroatoms. The standard InChI is InChI=1S/C13H21N5O2/c1-3-4-14-12(19)9-17-5-7-18(8-6-17)10-13-16-15-11(2)20-13/h3H,1,4-10H2,2H3,(H,14,19). The van der Waals surface area contributed by atoms with Crippen molar-refractivity contribution < 1.29 is 9.21 Å². The Labute approximate surface area is 118 Å². The van der Waals surface area contributed by atoms with Crippen LogP contribution in [0.25, 0.3) is 0 Å². The lowest BCUT2D eigenvalue weighted by molar-refractivity contribution is -0.122. The fraction of sp³-hybridized carbons (Fsp3) is 0.615. The fourth-order valence-electron chi connectivity index (χ4n) is 2.14. The molecule has 1 fully saturated rings. The van der Waals surface area contributed by atoms with Crippen LogP contribution in [0.3, 0.4) is 0 Å². The van der Waals surface area contributed by atoms with Crippen molar-refractivity contribution in [1.29, 1.82) is 0 Å². The summed E-state index contributed by atoms with van der Waals surface area (Å²) in [6.45, 7) is 10.5. The van der Waals surface area contributed by atoms with Crippen molar-refractivity contribution in [2.75, 3.05) is 39.3 Å². The number of rotatable bonds is 6. The predicted molar refractivity (Wildman–Crippen MR) is 74.0 cm³/mol. The first-order valence-electron chi connectivity index (χ1n) is 6.78. The Bertz CT molecular complexity index is 451. The van der Waals surface area contributed by atoms with Crippen LogP contribution in [0.1, 0.15) is 11.8 Å². The number of nitrogens with one attached hydrogen (secondary N) is 1. The second kappa shape index (κ2) is 7.16. The van der Waals surface area contributed by atoms with Crippen LogP contribution in [0, 0.1) is 6.92 Å². The molecule has 1 aliphatic heterocycles. The summed E-state index contributed by atoms with van der Waals surface area (Å²) in [4.78, 5) is 16.0. The van der Waals surface area contributed by atoms with E-state index < -0.39 is 0 Å². The molecule has 2 rings (SSSR count). The Balaban J connectivity index is 1.69. The van der Waals surface area contributed by atoms with Gasteiger partial charge in [-0.25, -0.2) is 0 Å². The first-order valence-corrected chi connectivity index (χ1v) is 6.78. The number of carbonyl (C=O) groups excluding carboxylic acids is 1. The number of hydrogen-bond donors (Lipinski definition) is 1. The van der Waals surface area contributed by atoms with Crippen LogP contribution in [0.4, 0.5) is 0 Å². The fourth-order valence-corrected chi connectivity index (χ4v) is 2.14. The lowest BCUT2D eigenvalue weighted by atomic mass is 10.3. The molecule has 1 saturated heterocycles. The minimum absolute atomic E-state index is 0.0471. The highest BCUT2D eigenvalue weighted by atomic mass is 16.4. The van der Waals surface area contributed by atoms with Crippen LogP contribution in [0.15, 0.2) is 17.1 Å². The highest BCUT2D eigenvalue weighted by molar-refractivity contribution is 5.78. The quantitative estimate of drug-likeness (QED) is 0.727. The number of piperazine rings is 1. The zero-order valence-electron chi connectivity index (χ0n) is 11.8. The molecule has 1 aromatic rings. The number of aromatic nitrogens is 2. The number of amides is 1. The molecular weight excluding hydrogens is 258 g/mol. The highest BCUT2D eigenvalue weighted by Gasteiger charge is 2.20. The van der Waals surface area contributed by atoms with Crippen molar-refractivity contribution in [2.24, 2.45) is 0 Å². The van der Waals surface area contributed by atoms with Gasteiger partial charge in [0.25, 0.3) is 0 Å². The molecule has 0 radical (unpaired) electrons. The first kappa shape index (κ1) is 14.7. The maximum Gasteiger partial charge on any atom is 0.234 e. The van der Waals surface area contributed by atoms with Crippen molar-refractivity contribution >= 4 is 5.91 Å². The zero-order valence-corrected chi connectivity index (χ0v) is 11.8. The van der Waals surface area contributed by atoms with Crippen LogP contribution in [0.5, 0.6) is 0 Å². The van der Waals surface area contributed by atoms with Gasteiger partial charge in [0.2, 0.25) is 17.7 Å². The third kappa shape index (κ3) is 4.43. The minimum atomic E-state index is 0.0471. The van der Waals surface area contributed by atoms with E-state index in [1.54, 1.807) is 13.0 Å². The van der Waals surface area contributed by atoms with Gasteiger partial charge in [0.05, 0.1) is 13.1 Å². The molecule has 0 aliphatic carbocycles. The Hall–Kier alpha value is -1.73. The predicted octanol–water partition coefficient (Wildman–Crippen LogP) is -0.202. The number of nitrogens with zero attached hydrogens (tertiary/aromatic N) is 4. The lowest BCUT2D eigenvalue weighted by Gasteiger charge is -2.33. The maximum absolute atomic E-state index is 11.6. The van der Waals surface area contributed by atoms with Gasteiger partial charge in [0.1, 0.15) is 0 Å². The molecule has 0 bridgehead atoms. The molecule has 20 heavy (non-hydrogen) atoms. The van der Waals surface area contributed by atoms with Crippen molar-refractivity contribution in [2.45, 2.75) is 13.5 Å². The molecule has 110 valence electrons. The largest absolute Gasteiger partial charge is 0.424 e. The number of hydrogen-bond acceptors (Lipinski definition) is 6. The van der Waals surface area contributed by atoms with E-state index in [0.29, 0.717) is 31.4 Å². The van der Waals surface area contributed by atoms with Crippen molar-refractivity contribution in [3.05, 3.63) is 24.4 Å². The van der Waals surface area contributed by atoms with E-state index in [0.717, 1.165) is 26.2 Å². The molecular formula is C13H21N5O2. The van der Waals surface area contributed by atoms with Gasteiger partial charge in [-0.3, -0.25) is 14.6 Å². The average molecular weight is 279 g/mol. The van der Waals surface area contributed by atoms with E-state index >= 15 is 0 Å². The van der Waals surface area contributed by atoms with E-state index in [-0.39, 0.29) is 5.91 Å². The van der Waals surface area contributed by atoms with E-state index in [9.17, 15) is 4.79 Å². The monoisotopic (exact) mass is 279 g/mol. The molecule has 7 nitrogen and oxygen atoms in total. The summed E-state index contributed by atoms with van der Waals surface area (Å²) >= 11 is 0. The molecule has 0 aromatic carbocycles. The van der Waals surface area contributed by atoms with Gasteiger partial charge in [-0.05, 0) is 0 Å². The topological polar surface area (TPSA) is 74.5 Å². The molecule has 1 aliphatic rings. The Morgan fingerprint density at radius 2 is 2.05 bits per heavy atom. The van der Waals surface area contributed by atoms with Crippen molar-refractivity contribution in [1.82, 2.24) is 25.3 Å². The van der Waals surface area contributed by atoms with Crippen LogP contribution >= 0.6 is 0 Å². The summed E-state index contributed by atoms with van der Waals surface area (Å²) in [5, 5.41) is 10.6. The van der Waals surface area contributed by atoms with Crippen LogP contribution in [-0.2, 0) is 11.3 Å². The summed E-state index contributed by atoms with van der Waals surface area (Å²) in [5.41, 5.74) is 0. The lowest BCUT2D eigenvalue weighted by Crippen LogP contribution is -2.49. The van der Waals surface area contributed by atoms with E-state index in [4.69, 9.17) is 4.42 Å². The van der Waals surface area contributed by atoms with E-state index in [1.807, 2.05) is 0 Å². The van der Waals surface area contributed by atoms with Crippen LogP contribution < -0.4 is 5.32 Å². The van der Waals surface area contributed by atoms with Gasteiger partial charge in [-0.2, -0.15) is 0 Å². The summed E-state index contributed by atoms with van der Waals surface area (Å²) in [6.07, 6.45) is 1.68. The summed E-state index contributed by atoms with van der Waals surface area (Å²) in [6, 6.07) is 0. The summed E-state index contributed by atoms with van der Waals surface area (Å²) < 4.78 is 5.37. The van der Waals surface area contributed by atoms with Gasteiger partial charge in [-0.1, -0.05) is 6.08 Å². The minimum Gasteiger partial charge on any atom is -0.424 e. The third-order valence-corrected chi connectivity index (χ3v) is 3.20. The SMILES string of the molecule is C=CCNC(=O)CN1CCN(Cc2nnc(C)o2)CC1. The van der Waals surface area contributed by atoms with Crippen LogP contribution in [0.2, 0.25) is 0 Å². The molecule has 1 N–H and O–H groups in total. The smallest absolute Gasteiger partial charge is 0.234 e. The average Bonchev–Trinajstić information content (AvgIpc) is 2.84. The van der Waals surface area contributed by atoms with Gasteiger partial charge in [0, 0.05) is 39.6 Å². The third-order valence-electron chi connectivity index (χ3n) is 3.20. The number of carbonyl (C=O) groups is 1. The molecule has 1 amide bonds. The molecule has 0 saturated carbocycles. The van der Waals surface area contributed by atoms with Gasteiger partial charge < -0.3 is 9.73 Å². The zero-order chi connectivity index (χ0) is 14.4. The Morgan fingerprint density at radius 3 is 2.65 bits per heavy atom. The second-order valence-corrected chi connectivity index (χ2v) is 4.86. The summed E-state index contributed by atoms with van der Waals surface area (Å²) in [7, 11) is 0. The maximum atomic E-state index is 11.6. The van der Waals surface area contributed by atoms with Gasteiger partial charge >= 0.3 is 0 Å².